The van der Waals surface area contributed by atoms with Crippen LogP contribution in [0.25, 0.3) is 0 Å². The molecule has 3 rings (SSSR count). The lowest BCUT2D eigenvalue weighted by molar-refractivity contribution is -0.137. The minimum atomic E-state index is -4.41. The van der Waals surface area contributed by atoms with Crippen LogP contribution in [0.2, 0.25) is 0 Å². The van der Waals surface area contributed by atoms with Crippen molar-refractivity contribution >= 4 is 41.5 Å². The Hall–Kier alpha value is -1.90. The fourth-order valence-electron chi connectivity index (χ4n) is 3.04. The maximum absolute atomic E-state index is 13.0. The van der Waals surface area contributed by atoms with Crippen molar-refractivity contribution < 1.29 is 18.0 Å². The molecule has 0 spiro atoms. The van der Waals surface area contributed by atoms with Gasteiger partial charge in [-0.05, 0) is 43.4 Å². The number of hydrogen-bond acceptors (Lipinski definition) is 4. The first kappa shape index (κ1) is 23.4. The third kappa shape index (κ3) is 5.38. The molecule has 0 saturated heterocycles. The molecule has 2 aromatic rings. The van der Waals surface area contributed by atoms with Crippen LogP contribution in [0.3, 0.4) is 0 Å². The number of nitrogens with one attached hydrogen (secondary N) is 2. The van der Waals surface area contributed by atoms with Crippen LogP contribution in [0.5, 0.6) is 0 Å². The molecule has 158 valence electrons. The number of carbonyl (C=O) groups excluding carboxylic acids is 1. The van der Waals surface area contributed by atoms with Crippen LogP contribution in [-0.4, -0.2) is 37.0 Å². The van der Waals surface area contributed by atoms with Crippen molar-refractivity contribution in [2.75, 3.05) is 31.5 Å². The summed E-state index contributed by atoms with van der Waals surface area (Å²) in [5, 5.41) is 5.93. The molecule has 0 atom stereocenters. The molecule has 29 heavy (non-hydrogen) atoms. The zero-order valence-electron chi connectivity index (χ0n) is 16.1. The fraction of sp³-hybridized carbons (Fsp3) is 0.350. The number of anilines is 2. The van der Waals surface area contributed by atoms with Gasteiger partial charge in [0.15, 0.2) is 0 Å². The maximum atomic E-state index is 13.0. The van der Waals surface area contributed by atoms with Gasteiger partial charge in [-0.15, -0.1) is 12.4 Å². The number of para-hydroxylation sites is 1. The maximum Gasteiger partial charge on any atom is 0.416 e. The van der Waals surface area contributed by atoms with Crippen LogP contribution in [0.1, 0.15) is 29.8 Å². The van der Waals surface area contributed by atoms with Gasteiger partial charge in [-0.3, -0.25) is 4.79 Å². The van der Waals surface area contributed by atoms with Crippen LogP contribution < -0.4 is 10.6 Å². The van der Waals surface area contributed by atoms with E-state index in [1.165, 1.54) is 17.8 Å². The Morgan fingerprint density at radius 3 is 2.52 bits per heavy atom. The summed E-state index contributed by atoms with van der Waals surface area (Å²) in [6, 6.07) is 8.91. The average Bonchev–Trinajstić information content (AvgIpc) is 2.68. The SMILES string of the molecule is CCN(CC)CCNC(=O)c1cccc2c1Nc1cc(C(F)(F)F)ccc1S2.Cl. The predicted molar refractivity (Wildman–Crippen MR) is 113 cm³/mol. The van der Waals surface area contributed by atoms with E-state index in [0.29, 0.717) is 28.4 Å². The number of nitrogens with zero attached hydrogens (tertiary/aromatic N) is 1. The molecule has 2 N–H and O–H groups in total. The summed E-state index contributed by atoms with van der Waals surface area (Å²) in [5.74, 6) is -0.243. The van der Waals surface area contributed by atoms with Gasteiger partial charge in [-0.1, -0.05) is 31.7 Å². The second-order valence-corrected chi connectivity index (χ2v) is 7.48. The van der Waals surface area contributed by atoms with Crippen molar-refractivity contribution in [2.24, 2.45) is 0 Å². The Morgan fingerprint density at radius 2 is 1.86 bits per heavy atom. The number of amides is 1. The van der Waals surface area contributed by atoms with Crippen LogP contribution in [0.15, 0.2) is 46.2 Å². The van der Waals surface area contributed by atoms with Crippen LogP contribution in [-0.2, 0) is 6.18 Å². The van der Waals surface area contributed by atoms with E-state index in [-0.39, 0.29) is 18.3 Å². The topological polar surface area (TPSA) is 44.4 Å². The molecule has 4 nitrogen and oxygen atoms in total. The van der Waals surface area contributed by atoms with Gasteiger partial charge in [0.05, 0.1) is 22.5 Å². The lowest BCUT2D eigenvalue weighted by Crippen LogP contribution is -2.35. The molecule has 1 amide bonds. The van der Waals surface area contributed by atoms with Crippen molar-refractivity contribution in [3.8, 4) is 0 Å². The summed E-state index contributed by atoms with van der Waals surface area (Å²) in [5.41, 5.74) is 0.604. The molecule has 1 aliphatic heterocycles. The fourth-order valence-corrected chi connectivity index (χ4v) is 4.05. The number of hydrogen-bond donors (Lipinski definition) is 2. The number of benzene rings is 2. The first-order valence-corrected chi connectivity index (χ1v) is 9.94. The highest BCUT2D eigenvalue weighted by Crippen LogP contribution is 2.47. The highest BCUT2D eigenvalue weighted by molar-refractivity contribution is 7.99. The van der Waals surface area contributed by atoms with Gasteiger partial charge < -0.3 is 15.5 Å². The zero-order valence-corrected chi connectivity index (χ0v) is 17.7. The summed E-state index contributed by atoms with van der Waals surface area (Å²) >= 11 is 1.35. The van der Waals surface area contributed by atoms with E-state index in [1.54, 1.807) is 12.1 Å². The van der Waals surface area contributed by atoms with Crippen molar-refractivity contribution in [1.29, 1.82) is 0 Å². The second kappa shape index (κ2) is 9.73. The highest BCUT2D eigenvalue weighted by Gasteiger charge is 2.32. The molecule has 9 heteroatoms. The standard InChI is InChI=1S/C20H22F3N3OS.ClH/c1-3-26(4-2)11-10-24-19(27)14-6-5-7-17-18(14)25-15-12-13(20(21,22)23)8-9-16(15)28-17;/h5-9,12,25H,3-4,10-11H2,1-2H3,(H,24,27);1H. The number of halogens is 4. The van der Waals surface area contributed by atoms with E-state index in [9.17, 15) is 18.0 Å². The number of likely N-dealkylation sites (N-methyl/N-ethyl adjacent to an activating group) is 1. The highest BCUT2D eigenvalue weighted by atomic mass is 35.5. The van der Waals surface area contributed by atoms with Gasteiger partial charge in [0.2, 0.25) is 0 Å². The minimum absolute atomic E-state index is 0. The van der Waals surface area contributed by atoms with Gasteiger partial charge in [0.25, 0.3) is 5.91 Å². The second-order valence-electron chi connectivity index (χ2n) is 6.40. The Balaban J connectivity index is 0.00000300. The predicted octanol–water partition coefficient (Wildman–Crippen LogP) is 5.41. The molecule has 0 saturated carbocycles. The lowest BCUT2D eigenvalue weighted by Gasteiger charge is -2.24. The summed E-state index contributed by atoms with van der Waals surface area (Å²) < 4.78 is 39.1. The minimum Gasteiger partial charge on any atom is -0.353 e. The quantitative estimate of drug-likeness (QED) is 0.532. The molecule has 0 aromatic heterocycles. The van der Waals surface area contributed by atoms with Gasteiger partial charge in [0, 0.05) is 22.9 Å². The largest absolute Gasteiger partial charge is 0.416 e. The van der Waals surface area contributed by atoms with E-state index in [0.717, 1.165) is 36.7 Å². The van der Waals surface area contributed by atoms with Crippen LogP contribution in [0, 0.1) is 0 Å². The number of carbonyl (C=O) groups is 1. The Kier molecular flexibility index (Phi) is 7.85. The molecule has 0 fully saturated rings. The zero-order chi connectivity index (χ0) is 20.3. The molecule has 1 aliphatic rings. The lowest BCUT2D eigenvalue weighted by atomic mass is 10.1. The normalized spacial score (nSPS) is 12.5. The van der Waals surface area contributed by atoms with Gasteiger partial charge in [0.1, 0.15) is 0 Å². The molecule has 2 aromatic carbocycles. The summed E-state index contributed by atoms with van der Waals surface area (Å²) in [6.07, 6.45) is -4.41. The molecule has 0 bridgehead atoms. The van der Waals surface area contributed by atoms with Crippen molar-refractivity contribution in [3.63, 3.8) is 0 Å². The van der Waals surface area contributed by atoms with Crippen molar-refractivity contribution in [2.45, 2.75) is 29.8 Å². The van der Waals surface area contributed by atoms with Gasteiger partial charge in [-0.25, -0.2) is 0 Å². The number of rotatable bonds is 6. The van der Waals surface area contributed by atoms with Crippen molar-refractivity contribution in [1.82, 2.24) is 10.2 Å². The van der Waals surface area contributed by atoms with E-state index in [2.05, 4.69) is 29.4 Å². The van der Waals surface area contributed by atoms with Gasteiger partial charge in [-0.2, -0.15) is 13.2 Å². The van der Waals surface area contributed by atoms with E-state index in [1.807, 2.05) is 6.07 Å². The third-order valence-corrected chi connectivity index (χ3v) is 5.80. The smallest absolute Gasteiger partial charge is 0.353 e. The first-order valence-electron chi connectivity index (χ1n) is 9.13. The summed E-state index contributed by atoms with van der Waals surface area (Å²) in [4.78, 5) is 16.4. The molecule has 0 unspecified atom stereocenters. The van der Waals surface area contributed by atoms with Crippen LogP contribution in [0.4, 0.5) is 24.5 Å². The third-order valence-electron chi connectivity index (χ3n) is 4.67. The average molecular weight is 446 g/mol. The Labute approximate surface area is 178 Å². The number of alkyl halides is 3. The van der Waals surface area contributed by atoms with Gasteiger partial charge >= 0.3 is 6.18 Å². The Morgan fingerprint density at radius 1 is 1.14 bits per heavy atom. The van der Waals surface area contributed by atoms with Crippen LogP contribution >= 0.6 is 24.2 Å². The van der Waals surface area contributed by atoms with E-state index >= 15 is 0 Å². The van der Waals surface area contributed by atoms with Crippen molar-refractivity contribution in [3.05, 3.63) is 47.5 Å². The summed E-state index contributed by atoms with van der Waals surface area (Å²) in [6.45, 7) is 7.19. The molecular formula is C20H23ClF3N3OS. The molecular weight excluding hydrogens is 423 g/mol. The number of fused-ring (bicyclic) bond motifs is 2. The monoisotopic (exact) mass is 445 g/mol. The first-order chi connectivity index (χ1) is 13.3. The molecule has 0 radical (unpaired) electrons. The molecule has 0 aliphatic carbocycles. The van der Waals surface area contributed by atoms with E-state index in [4.69, 9.17) is 0 Å². The summed E-state index contributed by atoms with van der Waals surface area (Å²) in [7, 11) is 0. The molecule has 1 heterocycles. The van der Waals surface area contributed by atoms with E-state index < -0.39 is 11.7 Å². The Bertz CT molecular complexity index is 873.